The molecule has 112 valence electrons. The second kappa shape index (κ2) is 10.3. The lowest BCUT2D eigenvalue weighted by atomic mass is 10.1. The standard InChI is InChI=1S/C17H26O3/c1-2-3-4-5-6-7-8-13-20-16-11-9-15(10-12-16)14-17(18)19/h9-12H,2-8,13-14H2,1H3,(H,18,19). The average Bonchev–Trinajstić information content (AvgIpc) is 2.43. The van der Waals surface area contributed by atoms with Gasteiger partial charge >= 0.3 is 5.97 Å². The predicted octanol–water partition coefficient (Wildman–Crippen LogP) is 4.44. The van der Waals surface area contributed by atoms with Gasteiger partial charge in [0.05, 0.1) is 13.0 Å². The number of hydrogen-bond acceptors (Lipinski definition) is 2. The Labute approximate surface area is 122 Å². The zero-order valence-corrected chi connectivity index (χ0v) is 12.4. The molecule has 0 unspecified atom stereocenters. The molecule has 0 saturated carbocycles. The molecule has 1 aromatic rings. The molecule has 0 heterocycles. The Balaban J connectivity index is 2.08. The van der Waals surface area contributed by atoms with E-state index >= 15 is 0 Å². The number of hydrogen-bond donors (Lipinski definition) is 1. The van der Waals surface area contributed by atoms with E-state index in [1.807, 2.05) is 24.3 Å². The monoisotopic (exact) mass is 278 g/mol. The van der Waals surface area contributed by atoms with Gasteiger partial charge in [-0.3, -0.25) is 4.79 Å². The fraction of sp³-hybridized carbons (Fsp3) is 0.588. The molecule has 1 rings (SSSR count). The summed E-state index contributed by atoms with van der Waals surface area (Å²) in [5.74, 6) is 0.0202. The number of carboxylic acid groups (broad SMARTS) is 1. The maximum atomic E-state index is 10.6. The van der Waals surface area contributed by atoms with Gasteiger partial charge < -0.3 is 9.84 Å². The van der Waals surface area contributed by atoms with Crippen molar-refractivity contribution in [1.29, 1.82) is 0 Å². The third-order valence-corrected chi connectivity index (χ3v) is 3.30. The average molecular weight is 278 g/mol. The fourth-order valence-electron chi connectivity index (χ4n) is 2.13. The van der Waals surface area contributed by atoms with E-state index in [1.165, 1.54) is 38.5 Å². The van der Waals surface area contributed by atoms with E-state index in [0.717, 1.165) is 24.3 Å². The molecule has 3 heteroatoms. The quantitative estimate of drug-likeness (QED) is 0.608. The summed E-state index contributed by atoms with van der Waals surface area (Å²) >= 11 is 0. The SMILES string of the molecule is CCCCCCCCCOc1ccc(CC(=O)O)cc1. The van der Waals surface area contributed by atoms with Crippen LogP contribution in [0.5, 0.6) is 5.75 Å². The molecule has 0 spiro atoms. The molecule has 0 aromatic heterocycles. The molecule has 20 heavy (non-hydrogen) atoms. The summed E-state index contributed by atoms with van der Waals surface area (Å²) in [6.45, 7) is 2.97. The van der Waals surface area contributed by atoms with E-state index in [-0.39, 0.29) is 6.42 Å². The lowest BCUT2D eigenvalue weighted by Gasteiger charge is -2.06. The van der Waals surface area contributed by atoms with Gasteiger partial charge in [0.15, 0.2) is 0 Å². The molecule has 0 bridgehead atoms. The van der Waals surface area contributed by atoms with E-state index in [1.54, 1.807) is 0 Å². The number of unbranched alkanes of at least 4 members (excludes halogenated alkanes) is 6. The van der Waals surface area contributed by atoms with Crippen LogP contribution in [0, 0.1) is 0 Å². The smallest absolute Gasteiger partial charge is 0.307 e. The highest BCUT2D eigenvalue weighted by atomic mass is 16.5. The normalized spacial score (nSPS) is 10.4. The van der Waals surface area contributed by atoms with Crippen molar-refractivity contribution in [3.8, 4) is 5.75 Å². The molecular formula is C17H26O3. The van der Waals surface area contributed by atoms with E-state index < -0.39 is 5.97 Å². The van der Waals surface area contributed by atoms with Crippen molar-refractivity contribution in [2.45, 2.75) is 58.3 Å². The molecule has 0 aliphatic carbocycles. The van der Waals surface area contributed by atoms with Crippen molar-refractivity contribution in [1.82, 2.24) is 0 Å². The van der Waals surface area contributed by atoms with Gasteiger partial charge in [-0.25, -0.2) is 0 Å². The number of carbonyl (C=O) groups is 1. The number of ether oxygens (including phenoxy) is 1. The zero-order valence-electron chi connectivity index (χ0n) is 12.4. The van der Waals surface area contributed by atoms with Crippen LogP contribution in [0.15, 0.2) is 24.3 Å². The van der Waals surface area contributed by atoms with Crippen molar-refractivity contribution in [2.24, 2.45) is 0 Å². The molecule has 0 aliphatic heterocycles. The van der Waals surface area contributed by atoms with Gasteiger partial charge in [0.1, 0.15) is 5.75 Å². The predicted molar refractivity (Wildman–Crippen MR) is 81.3 cm³/mol. The summed E-state index contributed by atoms with van der Waals surface area (Å²) < 4.78 is 5.65. The molecule has 1 aromatic carbocycles. The van der Waals surface area contributed by atoms with Crippen molar-refractivity contribution >= 4 is 5.97 Å². The van der Waals surface area contributed by atoms with E-state index in [2.05, 4.69) is 6.92 Å². The minimum atomic E-state index is -0.804. The summed E-state index contributed by atoms with van der Waals surface area (Å²) in [6, 6.07) is 7.32. The minimum absolute atomic E-state index is 0.0675. The van der Waals surface area contributed by atoms with Crippen LogP contribution in [-0.2, 0) is 11.2 Å². The zero-order chi connectivity index (χ0) is 14.6. The van der Waals surface area contributed by atoms with E-state index in [4.69, 9.17) is 9.84 Å². The maximum absolute atomic E-state index is 10.6. The van der Waals surface area contributed by atoms with Crippen LogP contribution in [0.3, 0.4) is 0 Å². The summed E-state index contributed by atoms with van der Waals surface area (Å²) in [6.07, 6.45) is 8.99. The van der Waals surface area contributed by atoms with Gasteiger partial charge in [-0.15, -0.1) is 0 Å². The van der Waals surface area contributed by atoms with Crippen LogP contribution in [-0.4, -0.2) is 17.7 Å². The first kappa shape index (κ1) is 16.5. The highest BCUT2D eigenvalue weighted by Gasteiger charge is 2.00. The Hall–Kier alpha value is -1.51. The largest absolute Gasteiger partial charge is 0.494 e. The molecule has 3 nitrogen and oxygen atoms in total. The molecule has 0 radical (unpaired) electrons. The Morgan fingerprint density at radius 1 is 1.00 bits per heavy atom. The topological polar surface area (TPSA) is 46.5 Å². The molecule has 0 fully saturated rings. The lowest BCUT2D eigenvalue weighted by Crippen LogP contribution is -2.00. The number of rotatable bonds is 11. The first-order valence-electron chi connectivity index (χ1n) is 7.66. The van der Waals surface area contributed by atoms with Crippen molar-refractivity contribution in [3.05, 3.63) is 29.8 Å². The molecule has 0 atom stereocenters. The molecule has 0 amide bonds. The highest BCUT2D eigenvalue weighted by Crippen LogP contribution is 2.14. The van der Waals surface area contributed by atoms with Gasteiger partial charge in [0, 0.05) is 0 Å². The summed E-state index contributed by atoms with van der Waals surface area (Å²) in [7, 11) is 0. The molecular weight excluding hydrogens is 252 g/mol. The van der Waals surface area contributed by atoms with Gasteiger partial charge in [-0.05, 0) is 24.1 Å². The molecule has 1 N–H and O–H groups in total. The summed E-state index contributed by atoms with van der Waals surface area (Å²) in [4.78, 5) is 10.6. The number of benzene rings is 1. The van der Waals surface area contributed by atoms with Crippen LogP contribution in [0.1, 0.15) is 57.4 Å². The molecule has 0 aliphatic rings. The van der Waals surface area contributed by atoms with Crippen molar-refractivity contribution in [2.75, 3.05) is 6.61 Å². The van der Waals surface area contributed by atoms with Gasteiger partial charge in [-0.1, -0.05) is 57.6 Å². The van der Waals surface area contributed by atoms with Crippen LogP contribution in [0.25, 0.3) is 0 Å². The fourth-order valence-corrected chi connectivity index (χ4v) is 2.13. The maximum Gasteiger partial charge on any atom is 0.307 e. The van der Waals surface area contributed by atoms with Crippen LogP contribution < -0.4 is 4.74 Å². The van der Waals surface area contributed by atoms with Crippen LogP contribution in [0.4, 0.5) is 0 Å². The van der Waals surface area contributed by atoms with Gasteiger partial charge in [0.25, 0.3) is 0 Å². The van der Waals surface area contributed by atoms with Gasteiger partial charge in [0.2, 0.25) is 0 Å². The van der Waals surface area contributed by atoms with Crippen LogP contribution >= 0.6 is 0 Å². The third-order valence-electron chi connectivity index (χ3n) is 3.30. The summed E-state index contributed by atoms with van der Waals surface area (Å²) in [5, 5.41) is 8.68. The number of carboxylic acids is 1. The Morgan fingerprint density at radius 3 is 2.20 bits per heavy atom. The van der Waals surface area contributed by atoms with Crippen molar-refractivity contribution < 1.29 is 14.6 Å². The Bertz CT molecular complexity index is 370. The van der Waals surface area contributed by atoms with Crippen molar-refractivity contribution in [3.63, 3.8) is 0 Å². The van der Waals surface area contributed by atoms with E-state index in [9.17, 15) is 4.79 Å². The summed E-state index contributed by atoms with van der Waals surface area (Å²) in [5.41, 5.74) is 0.806. The number of aliphatic carboxylic acids is 1. The Kier molecular flexibility index (Phi) is 8.52. The Morgan fingerprint density at radius 2 is 1.60 bits per heavy atom. The van der Waals surface area contributed by atoms with E-state index in [0.29, 0.717) is 0 Å². The minimum Gasteiger partial charge on any atom is -0.494 e. The molecule has 0 saturated heterocycles. The first-order valence-corrected chi connectivity index (χ1v) is 7.66. The third kappa shape index (κ3) is 7.82. The van der Waals surface area contributed by atoms with Gasteiger partial charge in [-0.2, -0.15) is 0 Å². The first-order chi connectivity index (χ1) is 9.72. The van der Waals surface area contributed by atoms with Crippen LogP contribution in [0.2, 0.25) is 0 Å². The lowest BCUT2D eigenvalue weighted by molar-refractivity contribution is -0.136. The second-order valence-corrected chi connectivity index (χ2v) is 5.18. The second-order valence-electron chi connectivity index (χ2n) is 5.18. The highest BCUT2D eigenvalue weighted by molar-refractivity contribution is 5.70.